The van der Waals surface area contributed by atoms with E-state index in [1.54, 1.807) is 32.9 Å². The van der Waals surface area contributed by atoms with Crippen LogP contribution in [0.15, 0.2) is 40.9 Å². The van der Waals surface area contributed by atoms with E-state index in [2.05, 4.69) is 20.9 Å². The van der Waals surface area contributed by atoms with Gasteiger partial charge >= 0.3 is 6.18 Å². The molecule has 5 rings (SSSR count). The van der Waals surface area contributed by atoms with Gasteiger partial charge in [0.15, 0.2) is 5.60 Å². The van der Waals surface area contributed by atoms with Gasteiger partial charge in [-0.05, 0) is 71.5 Å². The highest BCUT2D eigenvalue weighted by atomic mass is 79.9. The Labute approximate surface area is 228 Å². The van der Waals surface area contributed by atoms with Crippen LogP contribution in [0.1, 0.15) is 68.5 Å². The summed E-state index contributed by atoms with van der Waals surface area (Å²) in [6, 6.07) is 11.1. The Hall–Kier alpha value is -2.52. The lowest BCUT2D eigenvalue weighted by Crippen LogP contribution is -2.51. The standard InChI is InChI=1S/C29H32BrF3N2O3/c1-17(36)35-9-4-5-25(35)18-6-7-24-20(11-18)13-22(34-24)15-28(37,29(31,32)33)16-27(2,3)23-14-21(30)12-19-8-10-38-26(19)23/h6-7,11-14,25,34,37H,4-5,8-10,15-16H2,1-3H3. The number of hydrogen-bond donors (Lipinski definition) is 2. The Morgan fingerprint density at radius 2 is 1.97 bits per heavy atom. The summed E-state index contributed by atoms with van der Waals surface area (Å²) in [4.78, 5) is 16.9. The highest BCUT2D eigenvalue weighted by molar-refractivity contribution is 9.10. The third-order valence-corrected chi connectivity index (χ3v) is 8.42. The Balaban J connectivity index is 1.45. The Bertz CT molecular complexity index is 1380. The Morgan fingerprint density at radius 3 is 2.68 bits per heavy atom. The summed E-state index contributed by atoms with van der Waals surface area (Å²) in [6.45, 7) is 6.18. The molecule has 5 nitrogen and oxygen atoms in total. The number of aromatic nitrogens is 1. The van der Waals surface area contributed by atoms with Crippen molar-refractivity contribution < 1.29 is 27.8 Å². The van der Waals surface area contributed by atoms with Crippen LogP contribution in [-0.4, -0.2) is 45.8 Å². The highest BCUT2D eigenvalue weighted by Crippen LogP contribution is 2.47. The van der Waals surface area contributed by atoms with E-state index in [1.807, 2.05) is 29.2 Å². The molecule has 0 saturated carbocycles. The van der Waals surface area contributed by atoms with Crippen molar-refractivity contribution in [2.75, 3.05) is 13.2 Å². The SMILES string of the molecule is CC(=O)N1CCCC1c1ccc2[nH]c(CC(O)(CC(C)(C)c3cc(Br)cc4c3OCC4)C(F)(F)F)cc2c1. The number of nitrogens with zero attached hydrogens (tertiary/aromatic N) is 1. The molecule has 0 aliphatic carbocycles. The molecule has 2 aromatic carbocycles. The average Bonchev–Trinajstić information content (AvgIpc) is 3.55. The number of benzene rings is 2. The smallest absolute Gasteiger partial charge is 0.417 e. The fraction of sp³-hybridized carbons (Fsp3) is 0.483. The number of likely N-dealkylation sites (tertiary alicyclic amines) is 1. The quantitative estimate of drug-likeness (QED) is 0.332. The summed E-state index contributed by atoms with van der Waals surface area (Å²) in [5.41, 5.74) is -0.432. The van der Waals surface area contributed by atoms with E-state index < -0.39 is 30.0 Å². The van der Waals surface area contributed by atoms with E-state index in [4.69, 9.17) is 4.74 Å². The number of fused-ring (bicyclic) bond motifs is 2. The van der Waals surface area contributed by atoms with Crippen LogP contribution in [0.3, 0.4) is 0 Å². The lowest BCUT2D eigenvalue weighted by Gasteiger charge is -2.38. The molecule has 2 aliphatic rings. The van der Waals surface area contributed by atoms with Crippen molar-refractivity contribution in [2.24, 2.45) is 0 Å². The summed E-state index contributed by atoms with van der Waals surface area (Å²) >= 11 is 3.48. The Morgan fingerprint density at radius 1 is 1.21 bits per heavy atom. The second-order valence-corrected chi connectivity index (χ2v) is 12.2. The molecule has 1 amide bonds. The lowest BCUT2D eigenvalue weighted by molar-refractivity contribution is -0.266. The van der Waals surface area contributed by atoms with Crippen molar-refractivity contribution in [1.82, 2.24) is 9.88 Å². The van der Waals surface area contributed by atoms with Crippen LogP contribution < -0.4 is 4.74 Å². The minimum absolute atomic E-state index is 0.0155. The number of H-pyrrole nitrogens is 1. The molecule has 204 valence electrons. The number of ether oxygens (including phenoxy) is 1. The van der Waals surface area contributed by atoms with Crippen LogP contribution in [0.5, 0.6) is 5.75 Å². The van der Waals surface area contributed by atoms with Gasteiger partial charge < -0.3 is 19.7 Å². The van der Waals surface area contributed by atoms with Crippen molar-refractivity contribution >= 4 is 32.7 Å². The molecule has 0 bridgehead atoms. The molecular formula is C29H32BrF3N2O3. The summed E-state index contributed by atoms with van der Waals surface area (Å²) < 4.78 is 50.0. The molecule has 1 fully saturated rings. The largest absolute Gasteiger partial charge is 0.493 e. The zero-order valence-electron chi connectivity index (χ0n) is 21.7. The van der Waals surface area contributed by atoms with E-state index in [9.17, 15) is 23.1 Å². The third-order valence-electron chi connectivity index (χ3n) is 7.97. The number of carbonyl (C=O) groups is 1. The average molecular weight is 593 g/mol. The molecule has 1 aromatic heterocycles. The van der Waals surface area contributed by atoms with Gasteiger partial charge in [-0.2, -0.15) is 13.2 Å². The molecule has 2 N–H and O–H groups in total. The fourth-order valence-electron chi connectivity index (χ4n) is 6.18. The number of nitrogens with one attached hydrogen (secondary N) is 1. The first-order valence-electron chi connectivity index (χ1n) is 12.9. The third kappa shape index (κ3) is 4.95. The number of alkyl halides is 3. The first kappa shape index (κ1) is 27.1. The van der Waals surface area contributed by atoms with Gasteiger partial charge in [0.1, 0.15) is 5.75 Å². The zero-order chi connectivity index (χ0) is 27.5. The zero-order valence-corrected chi connectivity index (χ0v) is 23.3. The maximum Gasteiger partial charge on any atom is 0.417 e. The fourth-order valence-corrected chi connectivity index (χ4v) is 6.69. The summed E-state index contributed by atoms with van der Waals surface area (Å²) in [7, 11) is 0. The van der Waals surface area contributed by atoms with Gasteiger partial charge in [-0.3, -0.25) is 4.79 Å². The lowest BCUT2D eigenvalue weighted by atomic mass is 9.73. The topological polar surface area (TPSA) is 65.6 Å². The molecule has 9 heteroatoms. The van der Waals surface area contributed by atoms with E-state index >= 15 is 0 Å². The van der Waals surface area contributed by atoms with Crippen LogP contribution >= 0.6 is 15.9 Å². The van der Waals surface area contributed by atoms with Gasteiger partial charge in [-0.15, -0.1) is 0 Å². The molecular weight excluding hydrogens is 561 g/mol. The van der Waals surface area contributed by atoms with Crippen molar-refractivity contribution in [1.29, 1.82) is 0 Å². The van der Waals surface area contributed by atoms with E-state index in [0.29, 0.717) is 42.1 Å². The van der Waals surface area contributed by atoms with Gasteiger partial charge in [0.05, 0.1) is 12.6 Å². The number of halogens is 4. The van der Waals surface area contributed by atoms with Crippen molar-refractivity contribution in [3.63, 3.8) is 0 Å². The number of carbonyl (C=O) groups excluding carboxylic acids is 1. The Kier molecular flexibility index (Phi) is 6.83. The number of aromatic amines is 1. The van der Waals surface area contributed by atoms with Crippen molar-refractivity contribution in [3.8, 4) is 5.75 Å². The highest BCUT2D eigenvalue weighted by Gasteiger charge is 2.56. The number of hydrogen-bond acceptors (Lipinski definition) is 3. The normalized spacial score (nSPS) is 19.5. The van der Waals surface area contributed by atoms with E-state index in [1.165, 1.54) is 0 Å². The molecule has 0 spiro atoms. The number of rotatable bonds is 6. The second kappa shape index (κ2) is 9.59. The summed E-state index contributed by atoms with van der Waals surface area (Å²) in [5, 5.41) is 12.0. The van der Waals surface area contributed by atoms with Gasteiger partial charge in [0.25, 0.3) is 0 Å². The first-order chi connectivity index (χ1) is 17.8. The monoisotopic (exact) mass is 592 g/mol. The van der Waals surface area contributed by atoms with Crippen LogP contribution in [0, 0.1) is 0 Å². The predicted octanol–water partition coefficient (Wildman–Crippen LogP) is 6.75. The molecule has 2 atom stereocenters. The molecule has 3 heterocycles. The molecule has 2 aliphatic heterocycles. The van der Waals surface area contributed by atoms with Gasteiger partial charge in [0, 0.05) is 47.6 Å². The van der Waals surface area contributed by atoms with Gasteiger partial charge in [-0.1, -0.05) is 35.8 Å². The van der Waals surface area contributed by atoms with Crippen molar-refractivity contribution in [3.05, 3.63) is 63.3 Å². The minimum atomic E-state index is -4.85. The number of aliphatic hydroxyl groups is 1. The first-order valence-corrected chi connectivity index (χ1v) is 13.7. The maximum absolute atomic E-state index is 14.5. The van der Waals surface area contributed by atoms with Crippen LogP contribution in [0.4, 0.5) is 13.2 Å². The van der Waals surface area contributed by atoms with E-state index in [-0.39, 0.29) is 11.9 Å². The van der Waals surface area contributed by atoms with Crippen LogP contribution in [0.2, 0.25) is 0 Å². The maximum atomic E-state index is 14.5. The number of amides is 1. The molecule has 0 radical (unpaired) electrons. The summed E-state index contributed by atoms with van der Waals surface area (Å²) in [5.74, 6) is 0.633. The molecule has 2 unspecified atom stereocenters. The second-order valence-electron chi connectivity index (χ2n) is 11.3. The van der Waals surface area contributed by atoms with Crippen LogP contribution in [-0.2, 0) is 23.1 Å². The predicted molar refractivity (Wildman–Crippen MR) is 143 cm³/mol. The molecule has 38 heavy (non-hydrogen) atoms. The molecule has 3 aromatic rings. The summed E-state index contributed by atoms with van der Waals surface area (Å²) in [6.07, 6.45) is -3.52. The van der Waals surface area contributed by atoms with Crippen molar-refractivity contribution in [2.45, 2.75) is 76.1 Å². The molecule has 1 saturated heterocycles. The van der Waals surface area contributed by atoms with E-state index in [0.717, 1.165) is 33.8 Å². The van der Waals surface area contributed by atoms with Gasteiger partial charge in [0.2, 0.25) is 5.91 Å². The minimum Gasteiger partial charge on any atom is -0.493 e. The van der Waals surface area contributed by atoms with Crippen LogP contribution in [0.25, 0.3) is 10.9 Å². The van der Waals surface area contributed by atoms with Gasteiger partial charge in [-0.25, -0.2) is 0 Å².